The minimum Gasteiger partial charge on any atom is -0.409 e. The fourth-order valence-electron chi connectivity index (χ4n) is 3.69. The molecule has 0 radical (unpaired) electrons. The minimum atomic E-state index is 0.0293. The van der Waals surface area contributed by atoms with Crippen molar-refractivity contribution in [2.24, 2.45) is 16.8 Å². The van der Waals surface area contributed by atoms with Gasteiger partial charge in [-0.2, -0.15) is 0 Å². The van der Waals surface area contributed by atoms with Gasteiger partial charge in [-0.3, -0.25) is 4.79 Å². The average molecular weight is 287 g/mol. The molecule has 1 amide bonds. The van der Waals surface area contributed by atoms with Gasteiger partial charge in [0.1, 0.15) is 0 Å². The number of amides is 1. The Bertz CT molecular complexity index is 570. The lowest BCUT2D eigenvalue weighted by atomic mass is 9.85. The topological polar surface area (TPSA) is 78.9 Å². The van der Waals surface area contributed by atoms with Crippen molar-refractivity contribution in [2.45, 2.75) is 38.1 Å². The maximum absolute atomic E-state index is 12.7. The fraction of sp³-hybridized carbons (Fsp3) is 0.500. The van der Waals surface area contributed by atoms with Gasteiger partial charge in [-0.25, -0.2) is 0 Å². The molecule has 1 aliphatic heterocycles. The van der Waals surface area contributed by atoms with Gasteiger partial charge >= 0.3 is 0 Å². The van der Waals surface area contributed by atoms with Crippen molar-refractivity contribution >= 4 is 11.7 Å². The summed E-state index contributed by atoms with van der Waals surface area (Å²) >= 11 is 0. The van der Waals surface area contributed by atoms with E-state index in [4.69, 9.17) is 10.9 Å². The highest BCUT2D eigenvalue weighted by Crippen LogP contribution is 2.36. The summed E-state index contributed by atoms with van der Waals surface area (Å²) in [5, 5.41) is 11.7. The molecule has 1 saturated heterocycles. The van der Waals surface area contributed by atoms with Crippen LogP contribution in [0, 0.1) is 5.92 Å². The molecular weight excluding hydrogens is 266 g/mol. The standard InChI is InChI=1S/C16H21N3O2/c17-15(18-21)12-5-3-6-13(10-12)16(20)19-9-8-11-4-1-2-7-14(11)19/h3,5-6,10-11,14,21H,1-2,4,7-9H2,(H2,17,18). The third-order valence-electron chi connectivity index (χ3n) is 4.78. The summed E-state index contributed by atoms with van der Waals surface area (Å²) in [5.74, 6) is 0.772. The Balaban J connectivity index is 1.82. The van der Waals surface area contributed by atoms with E-state index in [1.165, 1.54) is 19.3 Å². The smallest absolute Gasteiger partial charge is 0.254 e. The Labute approximate surface area is 124 Å². The highest BCUT2D eigenvalue weighted by atomic mass is 16.4. The van der Waals surface area contributed by atoms with E-state index in [0.717, 1.165) is 19.4 Å². The highest BCUT2D eigenvalue weighted by molar-refractivity contribution is 6.01. The zero-order valence-electron chi connectivity index (χ0n) is 12.0. The summed E-state index contributed by atoms with van der Waals surface area (Å²) in [6.45, 7) is 0.849. The van der Waals surface area contributed by atoms with Crippen LogP contribution in [0.1, 0.15) is 48.0 Å². The van der Waals surface area contributed by atoms with E-state index in [1.807, 2.05) is 4.90 Å². The van der Waals surface area contributed by atoms with E-state index >= 15 is 0 Å². The molecule has 0 bridgehead atoms. The van der Waals surface area contributed by atoms with Crippen LogP contribution in [-0.4, -0.2) is 34.4 Å². The number of carbonyl (C=O) groups is 1. The molecule has 1 aliphatic carbocycles. The number of fused-ring (bicyclic) bond motifs is 1. The van der Waals surface area contributed by atoms with E-state index in [1.54, 1.807) is 24.3 Å². The third kappa shape index (κ3) is 2.60. The molecule has 1 aromatic rings. The number of carbonyl (C=O) groups excluding carboxylic acids is 1. The van der Waals surface area contributed by atoms with Crippen molar-refractivity contribution in [1.29, 1.82) is 0 Å². The zero-order chi connectivity index (χ0) is 14.8. The van der Waals surface area contributed by atoms with Crippen molar-refractivity contribution in [1.82, 2.24) is 4.90 Å². The molecular formula is C16H21N3O2. The Morgan fingerprint density at radius 2 is 2.00 bits per heavy atom. The van der Waals surface area contributed by atoms with Gasteiger partial charge in [-0.15, -0.1) is 0 Å². The molecule has 1 heterocycles. The lowest BCUT2D eigenvalue weighted by Crippen LogP contribution is -2.39. The summed E-state index contributed by atoms with van der Waals surface area (Å²) in [5.41, 5.74) is 6.79. The van der Waals surface area contributed by atoms with Gasteiger partial charge in [-0.1, -0.05) is 30.1 Å². The Morgan fingerprint density at radius 3 is 2.81 bits per heavy atom. The lowest BCUT2D eigenvalue weighted by molar-refractivity contribution is 0.0690. The van der Waals surface area contributed by atoms with Crippen LogP contribution < -0.4 is 5.73 Å². The van der Waals surface area contributed by atoms with Crippen LogP contribution >= 0.6 is 0 Å². The Kier molecular flexibility index (Phi) is 3.82. The molecule has 2 aliphatic rings. The number of nitrogens with two attached hydrogens (primary N) is 1. The summed E-state index contributed by atoms with van der Waals surface area (Å²) in [4.78, 5) is 14.8. The third-order valence-corrected chi connectivity index (χ3v) is 4.78. The van der Waals surface area contributed by atoms with Gasteiger partial charge in [0.2, 0.25) is 0 Å². The number of amidine groups is 1. The van der Waals surface area contributed by atoms with Crippen LogP contribution in [0.25, 0.3) is 0 Å². The van der Waals surface area contributed by atoms with E-state index in [-0.39, 0.29) is 11.7 Å². The first-order valence-electron chi connectivity index (χ1n) is 7.59. The lowest BCUT2D eigenvalue weighted by Gasteiger charge is -2.31. The van der Waals surface area contributed by atoms with Crippen LogP contribution in [-0.2, 0) is 0 Å². The van der Waals surface area contributed by atoms with Gasteiger partial charge in [0.25, 0.3) is 5.91 Å². The molecule has 3 rings (SSSR count). The van der Waals surface area contributed by atoms with E-state index in [2.05, 4.69) is 5.16 Å². The van der Waals surface area contributed by atoms with Crippen LogP contribution in [0.2, 0.25) is 0 Å². The zero-order valence-corrected chi connectivity index (χ0v) is 12.0. The molecule has 0 spiro atoms. The largest absolute Gasteiger partial charge is 0.409 e. The number of rotatable bonds is 2. The number of oxime groups is 1. The maximum Gasteiger partial charge on any atom is 0.254 e. The van der Waals surface area contributed by atoms with Crippen molar-refractivity contribution < 1.29 is 10.0 Å². The first kappa shape index (κ1) is 13.9. The first-order chi connectivity index (χ1) is 10.2. The van der Waals surface area contributed by atoms with Crippen LogP contribution in [0.15, 0.2) is 29.4 Å². The van der Waals surface area contributed by atoms with Crippen LogP contribution in [0.4, 0.5) is 0 Å². The number of likely N-dealkylation sites (tertiary alicyclic amines) is 1. The average Bonchev–Trinajstić information content (AvgIpc) is 2.97. The molecule has 3 N–H and O–H groups in total. The van der Waals surface area contributed by atoms with Crippen molar-refractivity contribution in [3.05, 3.63) is 35.4 Å². The molecule has 112 valence electrons. The molecule has 5 nitrogen and oxygen atoms in total. The predicted octanol–water partition coefficient (Wildman–Crippen LogP) is 2.19. The SMILES string of the molecule is N/C(=N/O)c1cccc(C(=O)N2CCC3CCCCC32)c1. The van der Waals surface area contributed by atoms with Crippen molar-refractivity contribution in [2.75, 3.05) is 6.54 Å². The van der Waals surface area contributed by atoms with Crippen molar-refractivity contribution in [3.63, 3.8) is 0 Å². The number of benzene rings is 1. The van der Waals surface area contributed by atoms with Crippen LogP contribution in [0.5, 0.6) is 0 Å². The molecule has 1 aromatic carbocycles. The monoisotopic (exact) mass is 287 g/mol. The molecule has 0 aromatic heterocycles. The second-order valence-corrected chi connectivity index (χ2v) is 5.97. The van der Waals surface area contributed by atoms with Gasteiger partial charge in [-0.05, 0) is 37.3 Å². The molecule has 21 heavy (non-hydrogen) atoms. The second kappa shape index (κ2) is 5.76. The normalized spacial score (nSPS) is 25.7. The van der Waals surface area contributed by atoms with Gasteiger partial charge in [0, 0.05) is 23.7 Å². The molecule has 2 atom stereocenters. The summed E-state index contributed by atoms with van der Waals surface area (Å²) in [7, 11) is 0. The number of hydrogen-bond donors (Lipinski definition) is 2. The molecule has 2 unspecified atom stereocenters. The van der Waals surface area contributed by atoms with Gasteiger partial charge in [0.15, 0.2) is 5.84 Å². The Morgan fingerprint density at radius 1 is 1.24 bits per heavy atom. The summed E-state index contributed by atoms with van der Waals surface area (Å²) in [6, 6.07) is 7.41. The van der Waals surface area contributed by atoms with E-state index in [9.17, 15) is 4.79 Å². The molecule has 2 fully saturated rings. The number of hydrogen-bond acceptors (Lipinski definition) is 3. The highest BCUT2D eigenvalue weighted by Gasteiger charge is 2.38. The van der Waals surface area contributed by atoms with Crippen LogP contribution in [0.3, 0.4) is 0 Å². The van der Waals surface area contributed by atoms with Gasteiger partial charge < -0.3 is 15.8 Å². The fourth-order valence-corrected chi connectivity index (χ4v) is 3.69. The first-order valence-corrected chi connectivity index (χ1v) is 7.59. The minimum absolute atomic E-state index is 0.0293. The Hall–Kier alpha value is -2.04. The van der Waals surface area contributed by atoms with Gasteiger partial charge in [0.05, 0.1) is 0 Å². The second-order valence-electron chi connectivity index (χ2n) is 5.97. The summed E-state index contributed by atoms with van der Waals surface area (Å²) < 4.78 is 0. The van der Waals surface area contributed by atoms with E-state index < -0.39 is 0 Å². The van der Waals surface area contributed by atoms with E-state index in [0.29, 0.717) is 23.1 Å². The van der Waals surface area contributed by atoms with Crippen molar-refractivity contribution in [3.8, 4) is 0 Å². The quantitative estimate of drug-likeness (QED) is 0.379. The number of nitrogens with zero attached hydrogens (tertiary/aromatic N) is 2. The molecule has 1 saturated carbocycles. The summed E-state index contributed by atoms with van der Waals surface area (Å²) in [6.07, 6.45) is 6.00. The molecule has 5 heteroatoms. The predicted molar refractivity (Wildman–Crippen MR) is 80.4 cm³/mol. The maximum atomic E-state index is 12.7.